The van der Waals surface area contributed by atoms with Gasteiger partial charge in [0.15, 0.2) is 5.82 Å². The average molecular weight is 563 g/mol. The molecule has 0 saturated heterocycles. The second kappa shape index (κ2) is 12.3. The minimum atomic E-state index is -4.93. The molecule has 1 unspecified atom stereocenters. The molecule has 0 spiro atoms. The van der Waals surface area contributed by atoms with Crippen molar-refractivity contribution in [3.8, 4) is 0 Å². The first-order valence-electron chi connectivity index (χ1n) is 12.1. The van der Waals surface area contributed by atoms with Crippen LogP contribution in [-0.2, 0) is 13.8 Å². The molecule has 3 amide bonds. The molecule has 0 saturated carbocycles. The fourth-order valence-electron chi connectivity index (χ4n) is 3.70. The van der Waals surface area contributed by atoms with Crippen molar-refractivity contribution in [3.05, 3.63) is 53.0 Å². The summed E-state index contributed by atoms with van der Waals surface area (Å²) >= 11 is 0. The number of nitrogens with one attached hydrogen (secondary N) is 2. The van der Waals surface area contributed by atoms with E-state index in [4.69, 9.17) is 14.5 Å². The third-order valence-electron chi connectivity index (χ3n) is 5.89. The van der Waals surface area contributed by atoms with Gasteiger partial charge in [-0.05, 0) is 57.4 Å². The van der Waals surface area contributed by atoms with Crippen LogP contribution in [0.4, 0.5) is 16.3 Å². The summed E-state index contributed by atoms with van der Waals surface area (Å²) in [4.78, 5) is 62.2. The first kappa shape index (κ1) is 29.7. The lowest BCUT2D eigenvalue weighted by Crippen LogP contribution is -2.33. The van der Waals surface area contributed by atoms with E-state index in [-0.39, 0.29) is 34.9 Å². The highest BCUT2D eigenvalue weighted by atomic mass is 31.2. The van der Waals surface area contributed by atoms with E-state index < -0.39 is 20.7 Å². The van der Waals surface area contributed by atoms with E-state index in [9.17, 15) is 18.9 Å². The monoisotopic (exact) mass is 562 g/mol. The van der Waals surface area contributed by atoms with Crippen molar-refractivity contribution in [3.63, 3.8) is 0 Å². The molecule has 0 aliphatic carbocycles. The Bertz CT molecular complexity index is 1440. The van der Waals surface area contributed by atoms with Crippen LogP contribution in [0.1, 0.15) is 59.0 Å². The van der Waals surface area contributed by atoms with Crippen molar-refractivity contribution in [2.45, 2.75) is 47.1 Å². The molecule has 0 radical (unpaired) electrons. The number of amides is 3. The number of aryl methyl sites for hydroxylation is 2. The molecule has 3 rings (SSSR count). The van der Waals surface area contributed by atoms with Crippen LogP contribution in [-0.4, -0.2) is 61.7 Å². The first-order valence-corrected chi connectivity index (χ1v) is 13.6. The van der Waals surface area contributed by atoms with Crippen LogP contribution in [0.25, 0.3) is 5.52 Å². The summed E-state index contributed by atoms with van der Waals surface area (Å²) in [6.45, 7) is 8.26. The number of rotatable bonds is 10. The maximum Gasteiger partial charge on any atom is 0.472 e. The lowest BCUT2D eigenvalue weighted by atomic mass is 10.1. The van der Waals surface area contributed by atoms with Gasteiger partial charge in [-0.15, -0.1) is 0 Å². The van der Waals surface area contributed by atoms with Gasteiger partial charge >= 0.3 is 13.9 Å². The van der Waals surface area contributed by atoms with Crippen molar-refractivity contribution in [1.29, 1.82) is 0 Å². The molecule has 0 aliphatic heterocycles. The second-order valence-corrected chi connectivity index (χ2v) is 9.91. The topological polar surface area (TPSA) is 185 Å². The van der Waals surface area contributed by atoms with Gasteiger partial charge in [-0.1, -0.05) is 13.0 Å². The van der Waals surface area contributed by atoms with Crippen molar-refractivity contribution in [2.75, 3.05) is 18.2 Å². The van der Waals surface area contributed by atoms with Crippen LogP contribution in [0.5, 0.6) is 0 Å². The van der Waals surface area contributed by atoms with E-state index in [1.54, 1.807) is 32.9 Å². The molecular formula is C24H31N6O8P. The Hall–Kier alpha value is -3.84. The smallest absolute Gasteiger partial charge is 0.421 e. The number of anilines is 2. The minimum Gasteiger partial charge on any atom is -0.421 e. The number of benzene rings is 1. The molecule has 39 heavy (non-hydrogen) atoms. The number of hydrogen-bond acceptors (Lipinski definition) is 8. The number of hydrogen-bond donors (Lipinski definition) is 4. The van der Waals surface area contributed by atoms with E-state index in [1.165, 1.54) is 23.1 Å². The molecule has 4 N–H and O–H groups in total. The number of aromatic nitrogens is 3. The van der Waals surface area contributed by atoms with E-state index in [2.05, 4.69) is 25.2 Å². The Balaban J connectivity index is 2.18. The van der Waals surface area contributed by atoms with Gasteiger partial charge in [0.1, 0.15) is 11.8 Å². The molecule has 0 bridgehead atoms. The normalized spacial score (nSPS) is 12.2. The lowest BCUT2D eigenvalue weighted by molar-refractivity contribution is 0.0445. The van der Waals surface area contributed by atoms with Gasteiger partial charge in [0.05, 0.1) is 11.3 Å². The van der Waals surface area contributed by atoms with Gasteiger partial charge in [-0.3, -0.25) is 9.59 Å². The number of phosphoric ester groups is 1. The zero-order valence-corrected chi connectivity index (χ0v) is 23.1. The van der Waals surface area contributed by atoms with Gasteiger partial charge in [-0.25, -0.2) is 28.3 Å². The molecular weight excluding hydrogens is 531 g/mol. The molecule has 2 heterocycles. The maximum atomic E-state index is 13.4. The third kappa shape index (κ3) is 6.98. The van der Waals surface area contributed by atoms with Crippen molar-refractivity contribution >= 4 is 42.8 Å². The van der Waals surface area contributed by atoms with Crippen molar-refractivity contribution in [1.82, 2.24) is 25.2 Å². The number of nitrogens with zero attached hydrogens (tertiary/aromatic N) is 4. The summed E-state index contributed by atoms with van der Waals surface area (Å²) in [7, 11) is -4.93. The molecule has 1 atom stereocenters. The van der Waals surface area contributed by atoms with Gasteiger partial charge in [0, 0.05) is 24.3 Å². The molecule has 1 aromatic carbocycles. The number of ether oxygens (including phenoxy) is 1. The summed E-state index contributed by atoms with van der Waals surface area (Å²) < 4.78 is 21.8. The highest BCUT2D eigenvalue weighted by molar-refractivity contribution is 7.46. The van der Waals surface area contributed by atoms with E-state index >= 15 is 0 Å². The van der Waals surface area contributed by atoms with Crippen LogP contribution in [0.2, 0.25) is 0 Å². The van der Waals surface area contributed by atoms with Crippen LogP contribution in [0.15, 0.2) is 30.7 Å². The van der Waals surface area contributed by atoms with Gasteiger partial charge in [-0.2, -0.15) is 5.10 Å². The largest absolute Gasteiger partial charge is 0.472 e. The predicted molar refractivity (Wildman–Crippen MR) is 141 cm³/mol. The van der Waals surface area contributed by atoms with Crippen molar-refractivity contribution in [2.24, 2.45) is 0 Å². The summed E-state index contributed by atoms with van der Waals surface area (Å²) in [6, 6.07) is 4.62. The molecule has 15 heteroatoms. The minimum absolute atomic E-state index is 0.00168. The van der Waals surface area contributed by atoms with Crippen molar-refractivity contribution < 1.29 is 38.0 Å². The lowest BCUT2D eigenvalue weighted by Gasteiger charge is -2.24. The number of phosphoric acid groups is 1. The van der Waals surface area contributed by atoms with Gasteiger partial charge < -0.3 is 25.2 Å². The average Bonchev–Trinajstić information content (AvgIpc) is 3.21. The van der Waals surface area contributed by atoms with Gasteiger partial charge in [0.25, 0.3) is 11.8 Å². The van der Waals surface area contributed by atoms with Crippen LogP contribution >= 0.6 is 7.82 Å². The molecule has 14 nitrogen and oxygen atoms in total. The third-order valence-corrected chi connectivity index (χ3v) is 6.33. The molecule has 210 valence electrons. The van der Waals surface area contributed by atoms with Crippen LogP contribution < -0.4 is 15.5 Å². The first-order chi connectivity index (χ1) is 18.4. The summed E-state index contributed by atoms with van der Waals surface area (Å²) in [5.41, 5.74) is 2.06. The van der Waals surface area contributed by atoms with Gasteiger partial charge in [0.2, 0.25) is 6.79 Å². The zero-order chi connectivity index (χ0) is 28.9. The summed E-state index contributed by atoms with van der Waals surface area (Å²) in [5.74, 6) is -0.716. The maximum absolute atomic E-state index is 13.4. The Morgan fingerprint density at radius 1 is 1.18 bits per heavy atom. The molecule has 3 aromatic rings. The quantitative estimate of drug-likeness (QED) is 0.211. The molecule has 0 aliphatic rings. The standard InChI is InChI=1S/C24H31N6O8P/c1-6-15(4)28-22(31)17-9-8-14(3)19(10-17)30(24(33)37-13-38-39(34,35)36)21-20-16(5)18(23(32)25-7-2)11-29(20)27-12-26-21/h8-12,15H,6-7,13H2,1-5H3,(H,25,32)(H,28,31)(H2,34,35,36). The molecule has 0 fully saturated rings. The fourth-order valence-corrected chi connectivity index (χ4v) is 3.89. The van der Waals surface area contributed by atoms with E-state index in [0.717, 1.165) is 4.90 Å². The Kier molecular flexibility index (Phi) is 9.41. The fraction of sp³-hybridized carbons (Fsp3) is 0.375. The van der Waals surface area contributed by atoms with E-state index in [1.807, 2.05) is 13.8 Å². The SMILES string of the molecule is CCNC(=O)c1cn2ncnc(N(C(=O)OCOP(=O)(O)O)c3cc(C(=O)NC(C)CC)ccc3C)c2c1C. The Morgan fingerprint density at radius 3 is 2.54 bits per heavy atom. The summed E-state index contributed by atoms with van der Waals surface area (Å²) in [6.07, 6.45) is 2.27. The predicted octanol–water partition coefficient (Wildman–Crippen LogP) is 2.97. The second-order valence-electron chi connectivity index (χ2n) is 8.67. The number of carbonyl (C=O) groups excluding carboxylic acids is 3. The molecule has 2 aromatic heterocycles. The highest BCUT2D eigenvalue weighted by Crippen LogP contribution is 2.37. The number of carbonyl (C=O) groups is 3. The number of fused-ring (bicyclic) bond motifs is 1. The van der Waals surface area contributed by atoms with E-state index in [0.29, 0.717) is 35.2 Å². The Labute approximate surface area is 224 Å². The summed E-state index contributed by atoms with van der Waals surface area (Å²) in [5, 5.41) is 9.74. The van der Waals surface area contributed by atoms with Crippen LogP contribution in [0.3, 0.4) is 0 Å². The Morgan fingerprint density at radius 2 is 1.90 bits per heavy atom. The zero-order valence-electron chi connectivity index (χ0n) is 22.2. The highest BCUT2D eigenvalue weighted by Gasteiger charge is 2.29. The van der Waals surface area contributed by atoms with Crippen LogP contribution in [0, 0.1) is 13.8 Å².